The number of allylic oxidation sites excluding steroid dienone is 1. The second-order valence-electron chi connectivity index (χ2n) is 7.74. The van der Waals surface area contributed by atoms with Crippen LogP contribution in [0.25, 0.3) is 0 Å². The lowest BCUT2D eigenvalue weighted by Gasteiger charge is -2.40. The van der Waals surface area contributed by atoms with Crippen LogP contribution < -0.4 is 0 Å². The van der Waals surface area contributed by atoms with Gasteiger partial charge in [0.1, 0.15) is 6.29 Å². The van der Waals surface area contributed by atoms with Gasteiger partial charge in [0.15, 0.2) is 8.32 Å². The lowest BCUT2D eigenvalue weighted by atomic mass is 9.96. The SMILES string of the molecule is C/C(C=O)=C\[C@@H](C)[C@@H](O[Si](C)(C)C(C)(C)C)c1ccc(Br)cc1. The van der Waals surface area contributed by atoms with Crippen LogP contribution in [0.3, 0.4) is 0 Å². The molecular weight excluding hydrogens is 368 g/mol. The normalized spacial score (nSPS) is 16.1. The van der Waals surface area contributed by atoms with Gasteiger partial charge in [-0.05, 0) is 48.3 Å². The van der Waals surface area contributed by atoms with E-state index in [1.165, 1.54) is 0 Å². The van der Waals surface area contributed by atoms with Gasteiger partial charge >= 0.3 is 0 Å². The minimum atomic E-state index is -1.92. The molecule has 0 aliphatic rings. The van der Waals surface area contributed by atoms with Gasteiger partial charge in [0.25, 0.3) is 0 Å². The molecule has 0 amide bonds. The standard InChI is InChI=1S/C19H29BrO2Si/c1-14(13-21)12-15(2)18(16-8-10-17(20)11-9-16)22-23(6,7)19(3,4)5/h8-13,15,18H,1-7H3/b14-12+/t15-,18-/m1/s1. The molecule has 0 spiro atoms. The summed E-state index contributed by atoms with van der Waals surface area (Å²) in [6.45, 7) is 15.2. The van der Waals surface area contributed by atoms with Crippen molar-refractivity contribution in [2.24, 2.45) is 5.92 Å². The summed E-state index contributed by atoms with van der Waals surface area (Å²) in [6, 6.07) is 8.28. The molecule has 2 nitrogen and oxygen atoms in total. The topological polar surface area (TPSA) is 26.3 Å². The Kier molecular flexibility index (Phi) is 6.99. The number of rotatable bonds is 6. The van der Waals surface area contributed by atoms with Crippen LogP contribution in [-0.2, 0) is 9.22 Å². The predicted molar refractivity (Wildman–Crippen MR) is 104 cm³/mol. The highest BCUT2D eigenvalue weighted by Crippen LogP contribution is 2.42. The molecule has 4 heteroatoms. The molecule has 0 N–H and O–H groups in total. The highest BCUT2D eigenvalue weighted by Gasteiger charge is 2.40. The fraction of sp³-hybridized carbons (Fsp3) is 0.526. The van der Waals surface area contributed by atoms with Crippen molar-refractivity contribution in [2.45, 2.75) is 58.9 Å². The van der Waals surface area contributed by atoms with Crippen LogP contribution in [0, 0.1) is 5.92 Å². The molecule has 1 aromatic rings. The molecule has 0 saturated heterocycles. The Morgan fingerprint density at radius 3 is 2.17 bits per heavy atom. The summed E-state index contributed by atoms with van der Waals surface area (Å²) in [7, 11) is -1.92. The van der Waals surface area contributed by atoms with Gasteiger partial charge in [0, 0.05) is 10.4 Å². The molecule has 1 aromatic carbocycles. The van der Waals surface area contributed by atoms with E-state index < -0.39 is 8.32 Å². The number of carbonyl (C=O) groups is 1. The van der Waals surface area contributed by atoms with E-state index in [0.717, 1.165) is 21.9 Å². The molecule has 0 radical (unpaired) electrons. The summed E-state index contributed by atoms with van der Waals surface area (Å²) in [5.74, 6) is 0.135. The molecule has 0 heterocycles. The Balaban J connectivity index is 3.21. The van der Waals surface area contributed by atoms with Crippen LogP contribution in [0.5, 0.6) is 0 Å². The van der Waals surface area contributed by atoms with Gasteiger partial charge in [-0.2, -0.15) is 0 Å². The van der Waals surface area contributed by atoms with Gasteiger partial charge in [0.2, 0.25) is 0 Å². The Bertz CT molecular complexity index is 556. The smallest absolute Gasteiger partial charge is 0.192 e. The molecule has 1 rings (SSSR count). The van der Waals surface area contributed by atoms with Gasteiger partial charge in [-0.15, -0.1) is 0 Å². The second-order valence-corrected chi connectivity index (χ2v) is 13.4. The van der Waals surface area contributed by atoms with Crippen molar-refractivity contribution in [2.75, 3.05) is 0 Å². The number of halogens is 1. The van der Waals surface area contributed by atoms with E-state index in [2.05, 4.69) is 68.9 Å². The molecule has 0 saturated carbocycles. The van der Waals surface area contributed by atoms with Gasteiger partial charge in [0.05, 0.1) is 6.10 Å². The van der Waals surface area contributed by atoms with E-state index in [0.29, 0.717) is 0 Å². The van der Waals surface area contributed by atoms with Crippen molar-refractivity contribution in [3.63, 3.8) is 0 Å². The van der Waals surface area contributed by atoms with Crippen molar-refractivity contribution >= 4 is 30.5 Å². The Morgan fingerprint density at radius 2 is 1.74 bits per heavy atom. The molecule has 0 bridgehead atoms. The number of hydrogen-bond donors (Lipinski definition) is 0. The molecule has 0 aliphatic carbocycles. The van der Waals surface area contributed by atoms with Crippen LogP contribution in [0.1, 0.15) is 46.3 Å². The molecule has 0 aromatic heterocycles. The molecule has 2 atom stereocenters. The van der Waals surface area contributed by atoms with E-state index in [1.807, 2.05) is 25.1 Å². The summed E-state index contributed by atoms with van der Waals surface area (Å²) in [5, 5.41) is 0.143. The maximum Gasteiger partial charge on any atom is 0.192 e. The quantitative estimate of drug-likeness (QED) is 0.320. The number of benzene rings is 1. The summed E-state index contributed by atoms with van der Waals surface area (Å²) in [5.41, 5.74) is 1.90. The largest absolute Gasteiger partial charge is 0.409 e. The monoisotopic (exact) mass is 396 g/mol. The highest BCUT2D eigenvalue weighted by molar-refractivity contribution is 9.10. The molecular formula is C19H29BrO2Si. The average molecular weight is 397 g/mol. The zero-order valence-electron chi connectivity index (χ0n) is 15.3. The third-order valence-corrected chi connectivity index (χ3v) is 9.60. The summed E-state index contributed by atoms with van der Waals surface area (Å²) < 4.78 is 7.75. The average Bonchev–Trinajstić information content (AvgIpc) is 2.44. The maximum atomic E-state index is 11.0. The summed E-state index contributed by atoms with van der Waals surface area (Å²) in [6.07, 6.45) is 2.87. The third-order valence-electron chi connectivity index (χ3n) is 4.62. The van der Waals surface area contributed by atoms with Crippen molar-refractivity contribution in [1.29, 1.82) is 0 Å². The van der Waals surface area contributed by atoms with Crippen LogP contribution >= 0.6 is 15.9 Å². The minimum Gasteiger partial charge on any atom is -0.409 e. The van der Waals surface area contributed by atoms with Crippen molar-refractivity contribution in [3.05, 3.63) is 46.0 Å². The first kappa shape index (κ1) is 20.3. The minimum absolute atomic E-state index is 0.0427. The van der Waals surface area contributed by atoms with E-state index in [4.69, 9.17) is 4.43 Å². The molecule has 23 heavy (non-hydrogen) atoms. The Hall–Kier alpha value is -0.713. The number of carbonyl (C=O) groups excluding carboxylic acids is 1. The summed E-state index contributed by atoms with van der Waals surface area (Å²) >= 11 is 3.49. The van der Waals surface area contributed by atoms with Gasteiger partial charge in [-0.3, -0.25) is 4.79 Å². The highest BCUT2D eigenvalue weighted by atomic mass is 79.9. The third kappa shape index (κ3) is 5.70. The fourth-order valence-corrected chi connectivity index (χ4v) is 3.77. The molecule has 0 unspecified atom stereocenters. The van der Waals surface area contributed by atoms with Crippen LogP contribution in [0.2, 0.25) is 18.1 Å². The van der Waals surface area contributed by atoms with Crippen molar-refractivity contribution < 1.29 is 9.22 Å². The molecule has 0 fully saturated rings. The maximum absolute atomic E-state index is 11.0. The zero-order valence-corrected chi connectivity index (χ0v) is 17.9. The van der Waals surface area contributed by atoms with E-state index in [1.54, 1.807) is 0 Å². The second kappa shape index (κ2) is 7.91. The van der Waals surface area contributed by atoms with Crippen molar-refractivity contribution in [3.8, 4) is 0 Å². The van der Waals surface area contributed by atoms with E-state index in [9.17, 15) is 4.79 Å². The van der Waals surface area contributed by atoms with E-state index >= 15 is 0 Å². The zero-order chi connectivity index (χ0) is 17.8. The van der Waals surface area contributed by atoms with E-state index in [-0.39, 0.29) is 17.1 Å². The van der Waals surface area contributed by atoms with Gasteiger partial charge in [-0.1, -0.05) is 61.8 Å². The van der Waals surface area contributed by atoms with Crippen LogP contribution in [-0.4, -0.2) is 14.6 Å². The summed E-state index contributed by atoms with van der Waals surface area (Å²) in [4.78, 5) is 11.0. The Morgan fingerprint density at radius 1 is 1.22 bits per heavy atom. The number of aldehydes is 1. The first-order valence-electron chi connectivity index (χ1n) is 8.05. The van der Waals surface area contributed by atoms with Crippen LogP contribution in [0.15, 0.2) is 40.4 Å². The van der Waals surface area contributed by atoms with Gasteiger partial charge in [-0.25, -0.2) is 0 Å². The molecule has 128 valence electrons. The molecule has 0 aliphatic heterocycles. The van der Waals surface area contributed by atoms with Crippen molar-refractivity contribution in [1.82, 2.24) is 0 Å². The van der Waals surface area contributed by atoms with Crippen LogP contribution in [0.4, 0.5) is 0 Å². The first-order valence-corrected chi connectivity index (χ1v) is 11.7. The fourth-order valence-electron chi connectivity index (χ4n) is 2.17. The Labute approximate surface area is 150 Å². The lowest BCUT2D eigenvalue weighted by Crippen LogP contribution is -2.42. The number of hydrogen-bond acceptors (Lipinski definition) is 2. The first-order chi connectivity index (χ1) is 10.5. The van der Waals surface area contributed by atoms with Gasteiger partial charge < -0.3 is 4.43 Å². The predicted octanol–water partition coefficient (Wildman–Crippen LogP) is 6.29. The lowest BCUT2D eigenvalue weighted by molar-refractivity contribution is -0.104.